The van der Waals surface area contributed by atoms with Crippen LogP contribution in [0.1, 0.15) is 52.4 Å². The summed E-state index contributed by atoms with van der Waals surface area (Å²) in [5.41, 5.74) is 0. The molecule has 0 spiro atoms. The fraction of sp³-hybridized carbons (Fsp3) is 0.923. The molecule has 1 rings (SSSR count). The van der Waals surface area contributed by atoms with Crippen LogP contribution in [-0.4, -0.2) is 23.7 Å². The van der Waals surface area contributed by atoms with Crippen LogP contribution >= 0.6 is 0 Å². The number of carboxylic acids is 1. The first kappa shape index (κ1) is 13.5. The van der Waals surface area contributed by atoms with Crippen LogP contribution in [0.2, 0.25) is 0 Å². The molecule has 1 saturated carbocycles. The molecule has 0 saturated heterocycles. The lowest BCUT2D eigenvalue weighted by Gasteiger charge is -2.28. The van der Waals surface area contributed by atoms with Crippen LogP contribution in [0.5, 0.6) is 0 Å². The average Bonchev–Trinajstić information content (AvgIpc) is 2.31. The maximum atomic E-state index is 10.9. The van der Waals surface area contributed by atoms with Gasteiger partial charge >= 0.3 is 5.97 Å². The van der Waals surface area contributed by atoms with Gasteiger partial charge in [-0.2, -0.15) is 0 Å². The lowest BCUT2D eigenvalue weighted by molar-refractivity contribution is -0.143. The molecule has 3 nitrogen and oxygen atoms in total. The molecule has 1 aliphatic carbocycles. The van der Waals surface area contributed by atoms with Crippen LogP contribution in [0, 0.1) is 11.8 Å². The number of nitrogens with one attached hydrogen (secondary N) is 1. The van der Waals surface area contributed by atoms with Crippen molar-refractivity contribution in [3.8, 4) is 0 Å². The zero-order valence-corrected chi connectivity index (χ0v) is 10.5. The molecule has 2 unspecified atom stereocenters. The number of rotatable bonds is 6. The largest absolute Gasteiger partial charge is 0.481 e. The first-order valence-corrected chi connectivity index (χ1v) is 6.63. The summed E-state index contributed by atoms with van der Waals surface area (Å²) in [5, 5.41) is 12.5. The molecule has 94 valence electrons. The number of hydrogen-bond acceptors (Lipinski definition) is 2. The summed E-state index contributed by atoms with van der Waals surface area (Å²) in [7, 11) is 0. The molecule has 3 heteroatoms. The molecule has 2 N–H and O–H groups in total. The standard InChI is InChI=1S/C13H25NO2/c1-3-10(4-2)9-14-12-7-5-6-11(8-12)13(15)16/h10-12,14H,3-9H2,1-2H3,(H,15,16). The second-order valence-corrected chi connectivity index (χ2v) is 4.99. The van der Waals surface area contributed by atoms with Crippen LogP contribution in [-0.2, 0) is 4.79 Å². The van der Waals surface area contributed by atoms with E-state index in [4.69, 9.17) is 5.11 Å². The van der Waals surface area contributed by atoms with Gasteiger partial charge in [0.15, 0.2) is 0 Å². The van der Waals surface area contributed by atoms with E-state index in [2.05, 4.69) is 19.2 Å². The van der Waals surface area contributed by atoms with E-state index >= 15 is 0 Å². The molecule has 0 aromatic carbocycles. The average molecular weight is 227 g/mol. The van der Waals surface area contributed by atoms with Crippen molar-refractivity contribution in [2.45, 2.75) is 58.4 Å². The van der Waals surface area contributed by atoms with E-state index in [0.29, 0.717) is 6.04 Å². The van der Waals surface area contributed by atoms with E-state index in [1.54, 1.807) is 0 Å². The molecule has 1 fully saturated rings. The molecule has 0 amide bonds. The Bertz CT molecular complexity index is 214. The normalized spacial score (nSPS) is 25.9. The summed E-state index contributed by atoms with van der Waals surface area (Å²) < 4.78 is 0. The summed E-state index contributed by atoms with van der Waals surface area (Å²) in [5.74, 6) is 0.00666. The minimum atomic E-state index is -0.617. The quantitative estimate of drug-likeness (QED) is 0.733. The highest BCUT2D eigenvalue weighted by Crippen LogP contribution is 2.24. The van der Waals surface area contributed by atoms with E-state index in [1.807, 2.05) is 0 Å². The van der Waals surface area contributed by atoms with Crippen molar-refractivity contribution >= 4 is 5.97 Å². The molecular weight excluding hydrogens is 202 g/mol. The Labute approximate surface area is 98.6 Å². The van der Waals surface area contributed by atoms with Gasteiger partial charge in [0.05, 0.1) is 5.92 Å². The monoisotopic (exact) mass is 227 g/mol. The summed E-state index contributed by atoms with van der Waals surface area (Å²) in [6.07, 6.45) is 6.28. The third kappa shape index (κ3) is 4.12. The molecule has 0 aliphatic heterocycles. The van der Waals surface area contributed by atoms with Gasteiger partial charge in [-0.15, -0.1) is 0 Å². The van der Waals surface area contributed by atoms with E-state index in [0.717, 1.165) is 38.1 Å². The minimum Gasteiger partial charge on any atom is -0.481 e. The zero-order chi connectivity index (χ0) is 12.0. The first-order chi connectivity index (χ1) is 7.67. The number of hydrogen-bond donors (Lipinski definition) is 2. The van der Waals surface area contributed by atoms with Crippen molar-refractivity contribution < 1.29 is 9.90 Å². The van der Waals surface area contributed by atoms with Gasteiger partial charge in [0.1, 0.15) is 0 Å². The van der Waals surface area contributed by atoms with Crippen LogP contribution in [0.4, 0.5) is 0 Å². The molecule has 0 heterocycles. The highest BCUT2D eigenvalue weighted by molar-refractivity contribution is 5.70. The van der Waals surface area contributed by atoms with E-state index < -0.39 is 5.97 Å². The Morgan fingerprint density at radius 2 is 2.06 bits per heavy atom. The minimum absolute atomic E-state index is 0.118. The fourth-order valence-corrected chi connectivity index (χ4v) is 2.51. The van der Waals surface area contributed by atoms with Crippen molar-refractivity contribution in [2.24, 2.45) is 11.8 Å². The topological polar surface area (TPSA) is 49.3 Å². The Hall–Kier alpha value is -0.570. The maximum absolute atomic E-state index is 10.9. The fourth-order valence-electron chi connectivity index (χ4n) is 2.51. The van der Waals surface area contributed by atoms with Gasteiger partial charge in [0, 0.05) is 6.04 Å². The summed E-state index contributed by atoms with van der Waals surface area (Å²) in [6, 6.07) is 0.426. The molecule has 0 aromatic rings. The second kappa shape index (κ2) is 6.89. The smallest absolute Gasteiger partial charge is 0.306 e. The van der Waals surface area contributed by atoms with Crippen LogP contribution < -0.4 is 5.32 Å². The van der Waals surface area contributed by atoms with Crippen molar-refractivity contribution in [3.05, 3.63) is 0 Å². The summed E-state index contributed by atoms with van der Waals surface area (Å²) >= 11 is 0. The predicted octanol–water partition coefficient (Wildman–Crippen LogP) is 2.66. The summed E-state index contributed by atoms with van der Waals surface area (Å²) in [4.78, 5) is 10.9. The van der Waals surface area contributed by atoms with Gasteiger partial charge in [-0.05, 0) is 31.7 Å². The number of carbonyl (C=O) groups is 1. The van der Waals surface area contributed by atoms with Crippen molar-refractivity contribution in [1.29, 1.82) is 0 Å². The van der Waals surface area contributed by atoms with Gasteiger partial charge in [0.25, 0.3) is 0 Å². The second-order valence-electron chi connectivity index (χ2n) is 4.99. The van der Waals surface area contributed by atoms with Gasteiger partial charge in [-0.1, -0.05) is 33.1 Å². The Balaban J connectivity index is 2.29. The molecule has 2 atom stereocenters. The van der Waals surface area contributed by atoms with E-state index in [1.165, 1.54) is 12.8 Å². The number of carboxylic acid groups (broad SMARTS) is 1. The van der Waals surface area contributed by atoms with E-state index in [9.17, 15) is 4.79 Å². The molecule has 16 heavy (non-hydrogen) atoms. The van der Waals surface area contributed by atoms with Crippen molar-refractivity contribution in [3.63, 3.8) is 0 Å². The van der Waals surface area contributed by atoms with Crippen LogP contribution in [0.3, 0.4) is 0 Å². The van der Waals surface area contributed by atoms with Crippen LogP contribution in [0.15, 0.2) is 0 Å². The van der Waals surface area contributed by atoms with Gasteiger partial charge in [-0.25, -0.2) is 0 Å². The predicted molar refractivity (Wildman–Crippen MR) is 65.5 cm³/mol. The zero-order valence-electron chi connectivity index (χ0n) is 10.5. The van der Waals surface area contributed by atoms with Gasteiger partial charge < -0.3 is 10.4 Å². The molecule has 0 radical (unpaired) electrons. The Morgan fingerprint density at radius 1 is 1.38 bits per heavy atom. The third-order valence-corrected chi connectivity index (χ3v) is 3.87. The molecule has 0 aromatic heterocycles. The lowest BCUT2D eigenvalue weighted by atomic mass is 9.85. The van der Waals surface area contributed by atoms with Gasteiger partial charge in [0.2, 0.25) is 0 Å². The SMILES string of the molecule is CCC(CC)CNC1CCCC(C(=O)O)C1. The Kier molecular flexibility index (Phi) is 5.81. The van der Waals surface area contributed by atoms with Crippen LogP contribution in [0.25, 0.3) is 0 Å². The van der Waals surface area contributed by atoms with Crippen molar-refractivity contribution in [2.75, 3.05) is 6.54 Å². The highest BCUT2D eigenvalue weighted by Gasteiger charge is 2.26. The van der Waals surface area contributed by atoms with Crippen molar-refractivity contribution in [1.82, 2.24) is 5.32 Å². The lowest BCUT2D eigenvalue weighted by Crippen LogP contribution is -2.38. The van der Waals surface area contributed by atoms with E-state index in [-0.39, 0.29) is 5.92 Å². The number of aliphatic carboxylic acids is 1. The molecule has 0 bridgehead atoms. The highest BCUT2D eigenvalue weighted by atomic mass is 16.4. The third-order valence-electron chi connectivity index (χ3n) is 3.87. The van der Waals surface area contributed by atoms with Gasteiger partial charge in [-0.3, -0.25) is 4.79 Å². The molecular formula is C13H25NO2. The molecule has 1 aliphatic rings. The first-order valence-electron chi connectivity index (χ1n) is 6.63. The Morgan fingerprint density at radius 3 is 2.62 bits per heavy atom. The maximum Gasteiger partial charge on any atom is 0.306 e. The summed E-state index contributed by atoms with van der Waals surface area (Å²) in [6.45, 7) is 5.48.